The Kier molecular flexibility index (Phi) is 3.43. The van der Waals surface area contributed by atoms with E-state index in [0.717, 1.165) is 38.9 Å². The molecule has 0 saturated heterocycles. The summed E-state index contributed by atoms with van der Waals surface area (Å²) in [6.45, 7) is 5.46. The van der Waals surface area contributed by atoms with Crippen LogP contribution in [0.5, 0.6) is 0 Å². The fourth-order valence-electron chi connectivity index (χ4n) is 2.53. The van der Waals surface area contributed by atoms with E-state index in [1.165, 1.54) is 0 Å². The van der Waals surface area contributed by atoms with Gasteiger partial charge in [-0.05, 0) is 38.5 Å². The maximum Gasteiger partial charge on any atom is 0.161 e. The number of carbonyl (C=O) groups is 1. The second kappa shape index (κ2) is 5.26. The van der Waals surface area contributed by atoms with Crippen LogP contribution >= 0.6 is 11.3 Å². The number of thiazole rings is 1. The van der Waals surface area contributed by atoms with Crippen molar-refractivity contribution < 1.29 is 4.79 Å². The Hall–Kier alpha value is -2.27. The Morgan fingerprint density at radius 1 is 1.24 bits per heavy atom. The molecular formula is C16H15N3OS. The first-order valence-corrected chi connectivity index (χ1v) is 7.53. The first-order valence-electron chi connectivity index (χ1n) is 6.65. The van der Waals surface area contributed by atoms with Crippen molar-refractivity contribution in [2.75, 3.05) is 0 Å². The molecular weight excluding hydrogens is 282 g/mol. The Bertz CT molecular complexity index is 802. The predicted molar refractivity (Wildman–Crippen MR) is 84.6 cm³/mol. The van der Waals surface area contributed by atoms with Gasteiger partial charge in [0, 0.05) is 22.8 Å². The summed E-state index contributed by atoms with van der Waals surface area (Å²) in [7, 11) is 0. The lowest BCUT2D eigenvalue weighted by molar-refractivity contribution is 0.101. The topological polar surface area (TPSA) is 58.6 Å². The van der Waals surface area contributed by atoms with Crippen molar-refractivity contribution in [1.82, 2.24) is 15.0 Å². The molecule has 0 fully saturated rings. The zero-order valence-corrected chi connectivity index (χ0v) is 12.9. The van der Waals surface area contributed by atoms with Gasteiger partial charge in [-0.3, -0.25) is 9.78 Å². The summed E-state index contributed by atoms with van der Waals surface area (Å²) in [6.07, 6.45) is 1.76. The summed E-state index contributed by atoms with van der Waals surface area (Å²) in [5.74, 6) is 0.0766. The minimum atomic E-state index is 0.0766. The molecule has 3 aromatic rings. The summed E-state index contributed by atoms with van der Waals surface area (Å²) in [4.78, 5) is 23.9. The number of carbonyl (C=O) groups excluding carboxylic acids is 1. The van der Waals surface area contributed by atoms with Crippen LogP contribution < -0.4 is 0 Å². The summed E-state index contributed by atoms with van der Waals surface area (Å²) < 4.78 is 0. The third kappa shape index (κ3) is 2.40. The highest BCUT2D eigenvalue weighted by atomic mass is 32.1. The van der Waals surface area contributed by atoms with Crippen molar-refractivity contribution in [3.8, 4) is 22.1 Å². The van der Waals surface area contributed by atoms with Crippen molar-refractivity contribution in [3.05, 3.63) is 46.6 Å². The molecule has 0 atom stereocenters. The molecule has 0 radical (unpaired) electrons. The minimum absolute atomic E-state index is 0.0766. The van der Waals surface area contributed by atoms with Crippen LogP contribution in [-0.2, 0) is 0 Å². The summed E-state index contributed by atoms with van der Waals surface area (Å²) in [6, 6.07) is 5.77. The highest BCUT2D eigenvalue weighted by Crippen LogP contribution is 2.31. The van der Waals surface area contributed by atoms with E-state index in [-0.39, 0.29) is 5.78 Å². The largest absolute Gasteiger partial charge is 0.356 e. The van der Waals surface area contributed by atoms with Crippen LogP contribution in [0.1, 0.15) is 28.5 Å². The van der Waals surface area contributed by atoms with Crippen molar-refractivity contribution in [2.24, 2.45) is 0 Å². The highest BCUT2D eigenvalue weighted by molar-refractivity contribution is 7.13. The molecule has 106 valence electrons. The number of rotatable bonds is 3. The molecule has 0 saturated carbocycles. The van der Waals surface area contributed by atoms with Crippen LogP contribution in [0.15, 0.2) is 29.8 Å². The molecule has 0 unspecified atom stereocenters. The van der Waals surface area contributed by atoms with Crippen LogP contribution in [0.3, 0.4) is 0 Å². The van der Waals surface area contributed by atoms with E-state index >= 15 is 0 Å². The van der Waals surface area contributed by atoms with Gasteiger partial charge in [-0.25, -0.2) is 4.98 Å². The lowest BCUT2D eigenvalue weighted by Crippen LogP contribution is -1.94. The quantitative estimate of drug-likeness (QED) is 0.743. The maximum absolute atomic E-state index is 11.7. The monoisotopic (exact) mass is 297 g/mol. The number of nitrogens with one attached hydrogen (secondary N) is 1. The van der Waals surface area contributed by atoms with E-state index in [9.17, 15) is 4.79 Å². The standard InChI is InChI=1S/C16H15N3OS/c1-9-14(11(3)20)10(2)18-15(9)13-8-21-16(19-13)12-6-4-5-7-17-12/h4-8,18H,1-3H3. The number of Topliss-reactive ketones (excluding diaryl/α,β-unsaturated/α-hetero) is 1. The molecule has 0 aliphatic heterocycles. The lowest BCUT2D eigenvalue weighted by Gasteiger charge is -1.97. The number of aryl methyl sites for hydroxylation is 1. The van der Waals surface area contributed by atoms with E-state index in [2.05, 4.69) is 15.0 Å². The van der Waals surface area contributed by atoms with Gasteiger partial charge in [0.1, 0.15) is 5.01 Å². The Morgan fingerprint density at radius 2 is 2.05 bits per heavy atom. The molecule has 4 nitrogen and oxygen atoms in total. The van der Waals surface area contributed by atoms with E-state index in [1.807, 2.05) is 37.4 Å². The summed E-state index contributed by atoms with van der Waals surface area (Å²) in [5.41, 5.74) is 5.24. The maximum atomic E-state index is 11.7. The normalized spacial score (nSPS) is 10.8. The number of aromatic amines is 1. The van der Waals surface area contributed by atoms with Crippen molar-refractivity contribution >= 4 is 17.1 Å². The molecule has 5 heteroatoms. The van der Waals surface area contributed by atoms with E-state index in [0.29, 0.717) is 0 Å². The molecule has 0 aromatic carbocycles. The average molecular weight is 297 g/mol. The Labute approximate surface area is 126 Å². The molecule has 3 rings (SSSR count). The van der Waals surface area contributed by atoms with Gasteiger partial charge in [-0.1, -0.05) is 6.07 Å². The third-order valence-corrected chi connectivity index (χ3v) is 4.30. The van der Waals surface area contributed by atoms with Crippen LogP contribution in [0.2, 0.25) is 0 Å². The molecule has 0 aliphatic carbocycles. The molecule has 1 N–H and O–H groups in total. The van der Waals surface area contributed by atoms with E-state index in [4.69, 9.17) is 0 Å². The van der Waals surface area contributed by atoms with Gasteiger partial charge < -0.3 is 4.98 Å². The predicted octanol–water partition coefficient (Wildman–Crippen LogP) is 4.02. The van der Waals surface area contributed by atoms with Crippen LogP contribution in [-0.4, -0.2) is 20.7 Å². The zero-order chi connectivity index (χ0) is 15.0. The van der Waals surface area contributed by atoms with Crippen molar-refractivity contribution in [2.45, 2.75) is 20.8 Å². The number of hydrogen-bond donors (Lipinski definition) is 1. The van der Waals surface area contributed by atoms with Gasteiger partial charge in [0.15, 0.2) is 5.78 Å². The Morgan fingerprint density at radius 3 is 2.67 bits per heavy atom. The first-order chi connectivity index (χ1) is 10.1. The van der Waals surface area contributed by atoms with Gasteiger partial charge in [-0.15, -0.1) is 11.3 Å². The Balaban J connectivity index is 2.05. The fraction of sp³-hybridized carbons (Fsp3) is 0.188. The number of ketones is 1. The van der Waals surface area contributed by atoms with Crippen molar-refractivity contribution in [3.63, 3.8) is 0 Å². The number of hydrogen-bond acceptors (Lipinski definition) is 4. The third-order valence-electron chi connectivity index (χ3n) is 3.43. The second-order valence-electron chi connectivity index (χ2n) is 4.93. The van der Waals surface area contributed by atoms with Gasteiger partial charge >= 0.3 is 0 Å². The molecule has 21 heavy (non-hydrogen) atoms. The van der Waals surface area contributed by atoms with E-state index in [1.54, 1.807) is 24.5 Å². The van der Waals surface area contributed by atoms with Gasteiger partial charge in [0.05, 0.1) is 17.1 Å². The highest BCUT2D eigenvalue weighted by Gasteiger charge is 2.18. The average Bonchev–Trinajstić information content (AvgIpc) is 3.04. The van der Waals surface area contributed by atoms with Gasteiger partial charge in [0.25, 0.3) is 0 Å². The molecule has 3 aromatic heterocycles. The number of aromatic nitrogens is 3. The van der Waals surface area contributed by atoms with Crippen LogP contribution in [0, 0.1) is 13.8 Å². The molecule has 0 spiro atoms. The summed E-state index contributed by atoms with van der Waals surface area (Å²) in [5, 5.41) is 2.87. The molecule has 0 aliphatic rings. The molecule has 3 heterocycles. The van der Waals surface area contributed by atoms with Gasteiger partial charge in [0.2, 0.25) is 0 Å². The minimum Gasteiger partial charge on any atom is -0.356 e. The van der Waals surface area contributed by atoms with Crippen molar-refractivity contribution in [1.29, 1.82) is 0 Å². The van der Waals surface area contributed by atoms with Crippen LogP contribution in [0.4, 0.5) is 0 Å². The molecule has 0 bridgehead atoms. The second-order valence-corrected chi connectivity index (χ2v) is 5.79. The number of pyridine rings is 1. The first kappa shape index (κ1) is 13.7. The molecule has 0 amide bonds. The summed E-state index contributed by atoms with van der Waals surface area (Å²) >= 11 is 1.55. The fourth-order valence-corrected chi connectivity index (χ4v) is 3.32. The number of H-pyrrole nitrogens is 1. The number of nitrogens with zero attached hydrogens (tertiary/aromatic N) is 2. The zero-order valence-electron chi connectivity index (χ0n) is 12.1. The smallest absolute Gasteiger partial charge is 0.161 e. The lowest BCUT2D eigenvalue weighted by atomic mass is 10.1. The SMILES string of the molecule is CC(=O)c1c(C)[nH]c(-c2csc(-c3ccccn3)n2)c1C. The van der Waals surface area contributed by atoms with Crippen LogP contribution in [0.25, 0.3) is 22.1 Å². The van der Waals surface area contributed by atoms with Gasteiger partial charge in [-0.2, -0.15) is 0 Å². The van der Waals surface area contributed by atoms with E-state index < -0.39 is 0 Å².